The quantitative estimate of drug-likeness (QED) is 0.657. The van der Waals surface area contributed by atoms with Gasteiger partial charge in [0.15, 0.2) is 0 Å². The molecule has 2 fully saturated rings. The van der Waals surface area contributed by atoms with Gasteiger partial charge in [-0.3, -0.25) is 10.6 Å². The number of hydrogen-bond donors (Lipinski definition) is 2. The number of amides is 1. The van der Waals surface area contributed by atoms with Crippen molar-refractivity contribution in [2.24, 2.45) is 11.8 Å². The Bertz CT molecular complexity index is 482. The zero-order valence-electron chi connectivity index (χ0n) is 11.8. The molecular weight excluding hydrogens is 250 g/mol. The van der Waals surface area contributed by atoms with Crippen LogP contribution in [0.3, 0.4) is 0 Å². The van der Waals surface area contributed by atoms with E-state index < -0.39 is 0 Å². The maximum absolute atomic E-state index is 12.8. The summed E-state index contributed by atoms with van der Waals surface area (Å²) in [5.74, 6) is 6.36. The minimum atomic E-state index is 0.132. The summed E-state index contributed by atoms with van der Waals surface area (Å²) in [6.45, 7) is 0.888. The fraction of sp³-hybridized carbons (Fsp3) is 0.562. The number of nitrogens with zero attached hydrogens (tertiary/aromatic N) is 1. The van der Waals surface area contributed by atoms with Gasteiger partial charge in [-0.1, -0.05) is 25.0 Å². The lowest BCUT2D eigenvalue weighted by Crippen LogP contribution is -2.39. The summed E-state index contributed by atoms with van der Waals surface area (Å²) in [5, 5.41) is 0. The molecule has 20 heavy (non-hydrogen) atoms. The average molecular weight is 273 g/mol. The molecule has 3 N–H and O–H groups in total. The predicted molar refractivity (Wildman–Crippen MR) is 80.3 cm³/mol. The molecular formula is C16H23N3O. The Morgan fingerprint density at radius 1 is 1.15 bits per heavy atom. The number of carbonyl (C=O) groups is 1. The van der Waals surface area contributed by atoms with Crippen molar-refractivity contribution in [2.75, 3.05) is 12.0 Å². The van der Waals surface area contributed by atoms with Gasteiger partial charge in [0, 0.05) is 12.6 Å². The standard InChI is InChI=1S/C16H23N3O/c17-18-14-9-4-3-8-13(14)16(20)19-11-5-10-15(19)12-6-1-2-7-12/h3-4,8-9,12,15,18H,1-2,5-7,10-11,17H2. The number of para-hydroxylation sites is 1. The van der Waals surface area contributed by atoms with Gasteiger partial charge >= 0.3 is 0 Å². The van der Waals surface area contributed by atoms with Crippen LogP contribution >= 0.6 is 0 Å². The molecule has 0 spiro atoms. The monoisotopic (exact) mass is 273 g/mol. The zero-order valence-corrected chi connectivity index (χ0v) is 11.8. The largest absolute Gasteiger partial charge is 0.335 e. The van der Waals surface area contributed by atoms with E-state index >= 15 is 0 Å². The molecule has 108 valence electrons. The van der Waals surface area contributed by atoms with Crippen LogP contribution in [-0.4, -0.2) is 23.4 Å². The van der Waals surface area contributed by atoms with Crippen molar-refractivity contribution in [2.45, 2.75) is 44.6 Å². The third kappa shape index (κ3) is 2.40. The highest BCUT2D eigenvalue weighted by Gasteiger charge is 2.36. The molecule has 3 rings (SSSR count). The van der Waals surface area contributed by atoms with Crippen molar-refractivity contribution in [1.29, 1.82) is 0 Å². The number of hydrogen-bond acceptors (Lipinski definition) is 3. The molecule has 1 aliphatic carbocycles. The Balaban J connectivity index is 1.81. The van der Waals surface area contributed by atoms with E-state index in [1.165, 1.54) is 25.7 Å². The third-order valence-corrected chi connectivity index (χ3v) is 4.82. The first-order valence-electron chi connectivity index (χ1n) is 7.68. The summed E-state index contributed by atoms with van der Waals surface area (Å²) in [6.07, 6.45) is 7.50. The number of nitrogens with one attached hydrogen (secondary N) is 1. The number of anilines is 1. The number of hydrazine groups is 1. The lowest BCUT2D eigenvalue weighted by atomic mass is 9.95. The van der Waals surface area contributed by atoms with Gasteiger partial charge in [-0.15, -0.1) is 0 Å². The summed E-state index contributed by atoms with van der Waals surface area (Å²) in [4.78, 5) is 14.9. The Morgan fingerprint density at radius 3 is 2.65 bits per heavy atom. The fourth-order valence-electron chi connectivity index (χ4n) is 3.83. The normalized spacial score (nSPS) is 23.2. The van der Waals surface area contributed by atoms with Crippen molar-refractivity contribution in [1.82, 2.24) is 4.90 Å². The molecule has 1 aliphatic heterocycles. The van der Waals surface area contributed by atoms with Crippen LogP contribution in [-0.2, 0) is 0 Å². The van der Waals surface area contributed by atoms with Crippen LogP contribution in [0.2, 0.25) is 0 Å². The van der Waals surface area contributed by atoms with Crippen LogP contribution < -0.4 is 11.3 Å². The molecule has 1 aromatic carbocycles. The highest BCUT2D eigenvalue weighted by atomic mass is 16.2. The van der Waals surface area contributed by atoms with Crippen molar-refractivity contribution in [3.63, 3.8) is 0 Å². The van der Waals surface area contributed by atoms with Gasteiger partial charge in [-0.25, -0.2) is 0 Å². The Labute approximate surface area is 120 Å². The van der Waals surface area contributed by atoms with Crippen LogP contribution in [0.4, 0.5) is 5.69 Å². The van der Waals surface area contributed by atoms with Crippen LogP contribution in [0.25, 0.3) is 0 Å². The summed E-state index contributed by atoms with van der Waals surface area (Å²) < 4.78 is 0. The molecule has 1 amide bonds. The fourth-order valence-corrected chi connectivity index (χ4v) is 3.83. The van der Waals surface area contributed by atoms with Gasteiger partial charge in [-0.2, -0.15) is 0 Å². The Morgan fingerprint density at radius 2 is 1.90 bits per heavy atom. The van der Waals surface area contributed by atoms with E-state index in [0.717, 1.165) is 25.1 Å². The molecule has 1 atom stereocenters. The zero-order chi connectivity index (χ0) is 13.9. The van der Waals surface area contributed by atoms with E-state index in [1.807, 2.05) is 24.3 Å². The number of rotatable bonds is 3. The van der Waals surface area contributed by atoms with Gasteiger partial charge in [0.1, 0.15) is 0 Å². The smallest absolute Gasteiger partial charge is 0.256 e. The lowest BCUT2D eigenvalue weighted by molar-refractivity contribution is 0.0690. The number of carbonyl (C=O) groups excluding carboxylic acids is 1. The average Bonchev–Trinajstić information content (AvgIpc) is 3.16. The number of nitrogen functional groups attached to an aromatic ring is 1. The van der Waals surface area contributed by atoms with Crippen LogP contribution in [0.1, 0.15) is 48.9 Å². The molecule has 1 aromatic rings. The number of nitrogens with two attached hydrogens (primary N) is 1. The molecule has 1 saturated heterocycles. The topological polar surface area (TPSA) is 58.4 Å². The van der Waals surface area contributed by atoms with E-state index in [2.05, 4.69) is 10.3 Å². The predicted octanol–water partition coefficient (Wildman–Crippen LogP) is 2.77. The maximum Gasteiger partial charge on any atom is 0.256 e. The second-order valence-corrected chi connectivity index (χ2v) is 5.94. The van der Waals surface area contributed by atoms with E-state index in [1.54, 1.807) is 0 Å². The lowest BCUT2D eigenvalue weighted by Gasteiger charge is -2.30. The third-order valence-electron chi connectivity index (χ3n) is 4.82. The van der Waals surface area contributed by atoms with Gasteiger partial charge < -0.3 is 10.3 Å². The molecule has 1 unspecified atom stereocenters. The number of benzene rings is 1. The highest BCUT2D eigenvalue weighted by molar-refractivity contribution is 5.99. The summed E-state index contributed by atoms with van der Waals surface area (Å²) >= 11 is 0. The molecule has 1 heterocycles. The van der Waals surface area contributed by atoms with Crippen LogP contribution in [0.5, 0.6) is 0 Å². The molecule has 1 saturated carbocycles. The first-order valence-corrected chi connectivity index (χ1v) is 7.68. The molecule has 4 heteroatoms. The second-order valence-electron chi connectivity index (χ2n) is 5.94. The molecule has 0 bridgehead atoms. The second kappa shape index (κ2) is 5.83. The Hall–Kier alpha value is -1.55. The maximum atomic E-state index is 12.8. The molecule has 0 radical (unpaired) electrons. The Kier molecular flexibility index (Phi) is 3.92. The first kappa shape index (κ1) is 13.4. The molecule has 0 aromatic heterocycles. The molecule has 2 aliphatic rings. The van der Waals surface area contributed by atoms with E-state index in [-0.39, 0.29) is 5.91 Å². The highest BCUT2D eigenvalue weighted by Crippen LogP contribution is 2.36. The van der Waals surface area contributed by atoms with E-state index in [4.69, 9.17) is 5.84 Å². The molecule has 4 nitrogen and oxygen atoms in total. The summed E-state index contributed by atoms with van der Waals surface area (Å²) in [5.41, 5.74) is 4.05. The number of likely N-dealkylation sites (tertiary alicyclic amines) is 1. The van der Waals surface area contributed by atoms with E-state index in [9.17, 15) is 4.79 Å². The van der Waals surface area contributed by atoms with Crippen molar-refractivity contribution in [3.8, 4) is 0 Å². The SMILES string of the molecule is NNc1ccccc1C(=O)N1CCCC1C1CCCC1. The minimum absolute atomic E-state index is 0.132. The van der Waals surface area contributed by atoms with Crippen molar-refractivity contribution >= 4 is 11.6 Å². The van der Waals surface area contributed by atoms with Gasteiger partial charge in [0.2, 0.25) is 0 Å². The first-order chi connectivity index (χ1) is 9.81. The summed E-state index contributed by atoms with van der Waals surface area (Å²) in [6, 6.07) is 7.95. The van der Waals surface area contributed by atoms with Crippen molar-refractivity contribution in [3.05, 3.63) is 29.8 Å². The summed E-state index contributed by atoms with van der Waals surface area (Å²) in [7, 11) is 0. The van der Waals surface area contributed by atoms with E-state index in [0.29, 0.717) is 17.5 Å². The van der Waals surface area contributed by atoms with Crippen LogP contribution in [0.15, 0.2) is 24.3 Å². The van der Waals surface area contributed by atoms with Gasteiger partial charge in [0.05, 0.1) is 11.3 Å². The van der Waals surface area contributed by atoms with Crippen LogP contribution in [0, 0.1) is 5.92 Å². The van der Waals surface area contributed by atoms with Gasteiger partial charge in [0.25, 0.3) is 5.91 Å². The minimum Gasteiger partial charge on any atom is -0.335 e. The van der Waals surface area contributed by atoms with Crippen molar-refractivity contribution < 1.29 is 4.79 Å². The van der Waals surface area contributed by atoms with Gasteiger partial charge in [-0.05, 0) is 43.7 Å².